The predicted octanol–water partition coefficient (Wildman–Crippen LogP) is 4.20. The van der Waals surface area contributed by atoms with E-state index >= 15 is 0 Å². The van der Waals surface area contributed by atoms with Gasteiger partial charge in [0.05, 0.1) is 11.3 Å². The molecule has 0 aliphatic heterocycles. The minimum absolute atomic E-state index is 0.469. The number of amidine groups is 1. The number of hydrogen-bond acceptors (Lipinski definition) is 2. The Morgan fingerprint density at radius 2 is 1.60 bits per heavy atom. The van der Waals surface area contributed by atoms with Gasteiger partial charge in [0.1, 0.15) is 6.54 Å². The Hall–Kier alpha value is -1.97. The Morgan fingerprint density at radius 3 is 2.20 bits per heavy atom. The van der Waals surface area contributed by atoms with Crippen molar-refractivity contribution in [1.29, 1.82) is 0 Å². The van der Waals surface area contributed by atoms with Gasteiger partial charge in [0, 0.05) is 6.42 Å². The van der Waals surface area contributed by atoms with E-state index in [0.717, 1.165) is 29.2 Å². The molecule has 0 aliphatic rings. The fourth-order valence-electron chi connectivity index (χ4n) is 1.88. The lowest BCUT2D eigenvalue weighted by atomic mass is 10.2. The van der Waals surface area contributed by atoms with Crippen molar-refractivity contribution >= 4 is 11.5 Å². The van der Waals surface area contributed by atoms with Crippen molar-refractivity contribution in [1.82, 2.24) is 5.06 Å². The molecule has 0 heterocycles. The second kappa shape index (κ2) is 7.58. The first-order valence-electron chi connectivity index (χ1n) is 6.95. The minimum Gasteiger partial charge on any atom is -0.575 e. The molecule has 0 amide bonds. The highest BCUT2D eigenvalue weighted by Gasteiger charge is 2.17. The second-order valence-corrected chi connectivity index (χ2v) is 4.59. The summed E-state index contributed by atoms with van der Waals surface area (Å²) in [5.74, 6) is 0.477. The Bertz CT molecular complexity index is 537. The average molecular weight is 267 g/mol. The molecule has 103 valence electrons. The van der Waals surface area contributed by atoms with Gasteiger partial charge in [0.25, 0.3) is 5.84 Å². The van der Waals surface area contributed by atoms with Crippen molar-refractivity contribution in [3.63, 3.8) is 0 Å². The second-order valence-electron chi connectivity index (χ2n) is 4.59. The number of unbranched alkanes of at least 4 members (excludes halogenated alkanes) is 1. The van der Waals surface area contributed by atoms with Gasteiger partial charge in [-0.3, -0.25) is 0 Å². The largest absolute Gasteiger partial charge is 0.575 e. The standard InChI is InChI=1S/C17H19N2O/c1-2-3-14-19(20)17(15-10-6-4-7-11-15)18-16-12-8-5-9-13-16/h4-13H,2-3,14H2,1H3. The molecular formula is C17H19N2O. The first-order valence-corrected chi connectivity index (χ1v) is 6.95. The summed E-state index contributed by atoms with van der Waals surface area (Å²) in [6, 6.07) is 19.2. The van der Waals surface area contributed by atoms with Crippen LogP contribution in [0.3, 0.4) is 0 Å². The minimum atomic E-state index is 0.469. The van der Waals surface area contributed by atoms with Crippen LogP contribution < -0.4 is 5.06 Å². The summed E-state index contributed by atoms with van der Waals surface area (Å²) in [5.41, 5.74) is 1.64. The first-order chi connectivity index (χ1) is 9.81. The lowest BCUT2D eigenvalue weighted by Crippen LogP contribution is -2.32. The van der Waals surface area contributed by atoms with E-state index in [1.807, 2.05) is 60.7 Å². The molecule has 0 atom stereocenters. The molecule has 2 aromatic rings. The van der Waals surface area contributed by atoms with Crippen molar-refractivity contribution in [3.8, 4) is 0 Å². The Morgan fingerprint density at radius 1 is 1.00 bits per heavy atom. The lowest BCUT2D eigenvalue weighted by molar-refractivity contribution is 0.649. The maximum Gasteiger partial charge on any atom is 0.285 e. The summed E-state index contributed by atoms with van der Waals surface area (Å²) in [7, 11) is 0. The zero-order valence-corrected chi connectivity index (χ0v) is 11.7. The molecule has 0 N–H and O–H groups in total. The third-order valence-corrected chi connectivity index (χ3v) is 2.97. The lowest BCUT2D eigenvalue weighted by Gasteiger charge is -2.15. The van der Waals surface area contributed by atoms with Gasteiger partial charge in [-0.1, -0.05) is 49.7 Å². The van der Waals surface area contributed by atoms with Crippen LogP contribution >= 0.6 is 0 Å². The topological polar surface area (TPSA) is 41.3 Å². The SMILES string of the molecule is CCCC[N+]([O-])C(=Nc1ccccc1)c1ccccc1. The number of hydroxylamine groups is 2. The summed E-state index contributed by atoms with van der Waals surface area (Å²) in [6.45, 7) is 2.54. The monoisotopic (exact) mass is 267 g/mol. The molecule has 0 spiro atoms. The van der Waals surface area contributed by atoms with Crippen LogP contribution in [0.15, 0.2) is 65.7 Å². The molecule has 0 bridgehead atoms. The van der Waals surface area contributed by atoms with Crippen molar-refractivity contribution in [3.05, 3.63) is 71.4 Å². The van der Waals surface area contributed by atoms with Crippen LogP contribution in [0.5, 0.6) is 0 Å². The van der Waals surface area contributed by atoms with Crippen LogP contribution in [0.1, 0.15) is 25.3 Å². The van der Waals surface area contributed by atoms with E-state index in [0.29, 0.717) is 12.4 Å². The van der Waals surface area contributed by atoms with Crippen LogP contribution in [0.2, 0.25) is 0 Å². The Labute approximate surface area is 120 Å². The van der Waals surface area contributed by atoms with E-state index in [4.69, 9.17) is 0 Å². The first kappa shape index (κ1) is 14.4. The highest BCUT2D eigenvalue weighted by Crippen LogP contribution is 2.14. The molecule has 0 aromatic heterocycles. The maximum absolute atomic E-state index is 12.3. The number of nitrogens with zero attached hydrogens (tertiary/aromatic N) is 2. The molecule has 0 saturated heterocycles. The maximum atomic E-state index is 12.3. The van der Waals surface area contributed by atoms with Gasteiger partial charge in [-0.2, -0.15) is 4.99 Å². The average Bonchev–Trinajstić information content (AvgIpc) is 2.52. The smallest absolute Gasteiger partial charge is 0.285 e. The van der Waals surface area contributed by atoms with Gasteiger partial charge in [-0.25, -0.2) is 0 Å². The molecule has 3 nitrogen and oxygen atoms in total. The molecule has 1 radical (unpaired) electrons. The molecule has 3 heteroatoms. The van der Waals surface area contributed by atoms with Crippen LogP contribution in [-0.2, 0) is 0 Å². The zero-order chi connectivity index (χ0) is 14.2. The highest BCUT2D eigenvalue weighted by atomic mass is 16.5. The number of aliphatic imine (C=N–C) groups is 1. The summed E-state index contributed by atoms with van der Waals surface area (Å²) >= 11 is 0. The predicted molar refractivity (Wildman–Crippen MR) is 84.4 cm³/mol. The summed E-state index contributed by atoms with van der Waals surface area (Å²) in [4.78, 5) is 4.51. The molecule has 2 aromatic carbocycles. The van der Waals surface area contributed by atoms with E-state index < -0.39 is 0 Å². The Kier molecular flexibility index (Phi) is 5.47. The van der Waals surface area contributed by atoms with E-state index in [-0.39, 0.29) is 0 Å². The number of rotatable bonds is 5. The zero-order valence-electron chi connectivity index (χ0n) is 11.7. The van der Waals surface area contributed by atoms with E-state index in [1.165, 1.54) is 0 Å². The number of para-hydroxylation sites is 1. The van der Waals surface area contributed by atoms with Crippen LogP contribution in [0.25, 0.3) is 0 Å². The molecule has 20 heavy (non-hydrogen) atoms. The normalized spacial score (nSPS) is 11.8. The fraction of sp³-hybridized carbons (Fsp3) is 0.235. The van der Waals surface area contributed by atoms with Gasteiger partial charge >= 0.3 is 0 Å². The van der Waals surface area contributed by atoms with Crippen LogP contribution in [0.4, 0.5) is 5.69 Å². The number of hydrogen-bond donors (Lipinski definition) is 0. The van der Waals surface area contributed by atoms with Gasteiger partial charge < -0.3 is 5.21 Å². The van der Waals surface area contributed by atoms with Crippen molar-refractivity contribution in [2.75, 3.05) is 6.54 Å². The molecule has 0 aliphatic carbocycles. The van der Waals surface area contributed by atoms with Gasteiger partial charge in [0.2, 0.25) is 0 Å². The van der Waals surface area contributed by atoms with E-state index in [2.05, 4.69) is 11.9 Å². The molecular weight excluding hydrogens is 248 g/mol. The van der Waals surface area contributed by atoms with Crippen molar-refractivity contribution in [2.24, 2.45) is 4.99 Å². The molecule has 0 unspecified atom stereocenters. The highest BCUT2D eigenvalue weighted by molar-refractivity contribution is 6.02. The summed E-state index contributed by atoms with van der Waals surface area (Å²) < 4.78 is 0. The number of benzene rings is 2. The van der Waals surface area contributed by atoms with E-state index in [9.17, 15) is 5.21 Å². The molecule has 0 fully saturated rings. The van der Waals surface area contributed by atoms with Crippen molar-refractivity contribution in [2.45, 2.75) is 19.8 Å². The Balaban J connectivity index is 2.32. The third kappa shape index (κ3) is 4.02. The van der Waals surface area contributed by atoms with Crippen LogP contribution in [-0.4, -0.2) is 12.4 Å². The molecule has 2 rings (SSSR count). The van der Waals surface area contributed by atoms with Gasteiger partial charge in [-0.05, 0) is 24.3 Å². The molecule has 0 saturated carbocycles. The van der Waals surface area contributed by atoms with E-state index in [1.54, 1.807) is 0 Å². The summed E-state index contributed by atoms with van der Waals surface area (Å²) in [6.07, 6.45) is 1.86. The quantitative estimate of drug-likeness (QED) is 0.346. The van der Waals surface area contributed by atoms with Crippen LogP contribution in [0, 0.1) is 5.21 Å². The fourth-order valence-corrected chi connectivity index (χ4v) is 1.88. The van der Waals surface area contributed by atoms with Gasteiger partial charge in [0.15, 0.2) is 0 Å². The van der Waals surface area contributed by atoms with Crippen molar-refractivity contribution < 1.29 is 0 Å². The third-order valence-electron chi connectivity index (χ3n) is 2.97. The van der Waals surface area contributed by atoms with Gasteiger partial charge in [-0.15, -0.1) is 5.06 Å². The summed E-state index contributed by atoms with van der Waals surface area (Å²) in [5, 5.41) is 13.3.